The number of aliphatic hydroxyl groups is 1. The van der Waals surface area contributed by atoms with Gasteiger partial charge in [-0.2, -0.15) is 5.10 Å². The molecule has 0 amide bonds. The van der Waals surface area contributed by atoms with Crippen LogP contribution >= 0.6 is 11.3 Å². The molecule has 2 aromatic rings. The number of nitrogens with one attached hydrogen (secondary N) is 1. The summed E-state index contributed by atoms with van der Waals surface area (Å²) >= 11 is 1.33. The minimum atomic E-state index is -0.262. The highest BCUT2D eigenvalue weighted by atomic mass is 32.1. The summed E-state index contributed by atoms with van der Waals surface area (Å²) < 4.78 is 0. The van der Waals surface area contributed by atoms with Crippen molar-refractivity contribution in [1.29, 1.82) is 0 Å². The molecule has 0 saturated heterocycles. The van der Waals surface area contributed by atoms with Crippen LogP contribution in [0.25, 0.3) is 0 Å². The van der Waals surface area contributed by atoms with E-state index in [4.69, 9.17) is 5.73 Å². The average Bonchev–Trinajstić information content (AvgIpc) is 3.13. The number of rotatable bonds is 4. The fourth-order valence-corrected chi connectivity index (χ4v) is 2.91. The molecule has 10 heteroatoms. The number of carbonyl (C=O) groups excluding carboxylic acids is 1. The third-order valence-electron chi connectivity index (χ3n) is 3.62. The molecular formula is C15H17N7O2S. The first kappa shape index (κ1) is 17.0. The van der Waals surface area contributed by atoms with E-state index < -0.39 is 0 Å². The number of H-pyrrole nitrogens is 1. The molecule has 0 aliphatic heterocycles. The molecule has 25 heavy (non-hydrogen) atoms. The molecule has 0 aromatic carbocycles. The van der Waals surface area contributed by atoms with Gasteiger partial charge in [-0.05, 0) is 5.41 Å². The Morgan fingerprint density at radius 3 is 2.88 bits per heavy atom. The molecule has 1 aliphatic rings. The second kappa shape index (κ2) is 6.55. The molecule has 1 aliphatic carbocycles. The predicted molar refractivity (Wildman–Crippen MR) is 95.1 cm³/mol. The zero-order chi connectivity index (χ0) is 18.0. The summed E-state index contributed by atoms with van der Waals surface area (Å²) in [5.41, 5.74) is 5.96. The summed E-state index contributed by atoms with van der Waals surface area (Å²) in [6.07, 6.45) is 3.67. The Morgan fingerprint density at radius 2 is 2.20 bits per heavy atom. The van der Waals surface area contributed by atoms with Gasteiger partial charge in [0, 0.05) is 30.6 Å². The Kier molecular flexibility index (Phi) is 4.45. The summed E-state index contributed by atoms with van der Waals surface area (Å²) in [4.78, 5) is 20.3. The number of aromatic amines is 1. The van der Waals surface area contributed by atoms with Gasteiger partial charge in [-0.15, -0.1) is 21.6 Å². The molecule has 2 aromatic heterocycles. The summed E-state index contributed by atoms with van der Waals surface area (Å²) in [5, 5.41) is 26.9. The highest BCUT2D eigenvalue weighted by Gasteiger charge is 2.32. The summed E-state index contributed by atoms with van der Waals surface area (Å²) in [7, 11) is 0. The molecule has 0 fully saturated rings. The molecule has 0 bridgehead atoms. The maximum Gasteiger partial charge on any atom is 0.229 e. The number of hydrogen-bond acceptors (Lipinski definition) is 9. The molecule has 0 radical (unpaired) electrons. The topological polar surface area (TPSA) is 142 Å². The lowest BCUT2D eigenvalue weighted by atomic mass is 9.77. The lowest BCUT2D eigenvalue weighted by molar-refractivity contribution is -0.117. The van der Waals surface area contributed by atoms with Crippen molar-refractivity contribution in [1.82, 2.24) is 15.2 Å². The number of ketones is 1. The number of allylic oxidation sites excluding steroid dienone is 2. The summed E-state index contributed by atoms with van der Waals surface area (Å²) in [6.45, 7) is 3.86. The number of azo groups is 1. The van der Waals surface area contributed by atoms with Crippen molar-refractivity contribution in [3.8, 4) is 0 Å². The van der Waals surface area contributed by atoms with E-state index in [0.717, 1.165) is 0 Å². The maximum atomic E-state index is 12.2. The van der Waals surface area contributed by atoms with Gasteiger partial charge in [0.15, 0.2) is 11.5 Å². The number of carbonyl (C=O) groups is 1. The number of nitrogens with zero attached hydrogens (tertiary/aromatic N) is 5. The van der Waals surface area contributed by atoms with Crippen LogP contribution < -0.4 is 5.73 Å². The molecule has 9 nitrogen and oxygen atoms in total. The van der Waals surface area contributed by atoms with Gasteiger partial charge in [0.1, 0.15) is 11.6 Å². The number of aliphatic hydroxyl groups excluding tert-OH is 1. The first-order valence-corrected chi connectivity index (χ1v) is 8.38. The van der Waals surface area contributed by atoms with Crippen molar-refractivity contribution in [2.45, 2.75) is 26.7 Å². The van der Waals surface area contributed by atoms with Crippen LogP contribution in [0.5, 0.6) is 0 Å². The first-order valence-electron chi connectivity index (χ1n) is 7.50. The monoisotopic (exact) mass is 359 g/mol. The zero-order valence-electron chi connectivity index (χ0n) is 13.7. The highest BCUT2D eigenvalue weighted by Crippen LogP contribution is 2.36. The summed E-state index contributed by atoms with van der Waals surface area (Å²) in [5.74, 6) is 0.240. The fraction of sp³-hybridized carbons (Fsp3) is 0.333. The quantitative estimate of drug-likeness (QED) is 0.562. The predicted octanol–water partition coefficient (Wildman–Crippen LogP) is 3.77. The molecule has 4 N–H and O–H groups in total. The van der Waals surface area contributed by atoms with Gasteiger partial charge >= 0.3 is 0 Å². The van der Waals surface area contributed by atoms with Crippen LogP contribution in [0.3, 0.4) is 0 Å². The van der Waals surface area contributed by atoms with Gasteiger partial charge in [0.25, 0.3) is 0 Å². The number of anilines is 1. The number of Topliss-reactive ketones (excluding diaryl/α,β-unsaturated/α-hetero) is 1. The van der Waals surface area contributed by atoms with Crippen molar-refractivity contribution in [3.63, 3.8) is 0 Å². The van der Waals surface area contributed by atoms with Crippen molar-refractivity contribution < 1.29 is 9.90 Å². The van der Waals surface area contributed by atoms with Gasteiger partial charge in [0.05, 0.1) is 5.57 Å². The van der Waals surface area contributed by atoms with Crippen LogP contribution in [0, 0.1) is 5.41 Å². The third kappa shape index (κ3) is 3.79. The molecule has 0 spiro atoms. The number of aromatic nitrogens is 3. The Labute approximate surface area is 147 Å². The van der Waals surface area contributed by atoms with E-state index in [9.17, 15) is 9.90 Å². The van der Waals surface area contributed by atoms with Gasteiger partial charge < -0.3 is 10.8 Å². The van der Waals surface area contributed by atoms with Crippen LogP contribution in [-0.4, -0.2) is 32.3 Å². The van der Waals surface area contributed by atoms with E-state index in [-0.39, 0.29) is 39.9 Å². The number of nitrogens with two attached hydrogens (primary N) is 1. The Balaban J connectivity index is 1.86. The number of thiazole rings is 1. The van der Waals surface area contributed by atoms with Gasteiger partial charge in [-0.1, -0.05) is 13.8 Å². The first-order chi connectivity index (χ1) is 11.9. The molecule has 130 valence electrons. The number of nitrogen functional groups attached to an aromatic ring is 1. The molecule has 0 saturated carbocycles. The van der Waals surface area contributed by atoms with Gasteiger partial charge in [0.2, 0.25) is 10.9 Å². The van der Waals surface area contributed by atoms with Crippen molar-refractivity contribution in [3.05, 3.63) is 22.9 Å². The second-order valence-corrected chi connectivity index (χ2v) is 7.26. The van der Waals surface area contributed by atoms with Crippen molar-refractivity contribution >= 4 is 45.8 Å². The standard InChI is InChI=1S/C15H17N7O2S/c1-15(2)5-9(23)8(10(24)6-15)7-18-13-11(12(16)20-21-13)19-22-14-17-3-4-25-14/h3-4,7,23H,5-6H2,1-2H3,(H3,16,20,21). The van der Waals surface area contributed by atoms with E-state index in [1.165, 1.54) is 17.6 Å². The Hall–Kier alpha value is -2.88. The average molecular weight is 359 g/mol. The van der Waals surface area contributed by atoms with Crippen LogP contribution in [0.1, 0.15) is 26.7 Å². The summed E-state index contributed by atoms with van der Waals surface area (Å²) in [6, 6.07) is 0. The lowest BCUT2D eigenvalue weighted by Crippen LogP contribution is -2.26. The number of aliphatic imine (C=N–C) groups is 1. The minimum Gasteiger partial charge on any atom is -0.511 e. The highest BCUT2D eigenvalue weighted by molar-refractivity contribution is 7.13. The Morgan fingerprint density at radius 1 is 1.40 bits per heavy atom. The zero-order valence-corrected chi connectivity index (χ0v) is 14.5. The van der Waals surface area contributed by atoms with E-state index in [2.05, 4.69) is 30.4 Å². The molecule has 0 atom stereocenters. The second-order valence-electron chi connectivity index (χ2n) is 6.38. The normalized spacial score (nSPS) is 17.9. The fourth-order valence-electron chi connectivity index (χ4n) is 2.46. The van der Waals surface area contributed by atoms with Crippen LogP contribution in [0.4, 0.5) is 22.5 Å². The van der Waals surface area contributed by atoms with Crippen LogP contribution in [0.2, 0.25) is 0 Å². The molecule has 3 rings (SSSR count). The van der Waals surface area contributed by atoms with E-state index in [1.54, 1.807) is 11.6 Å². The van der Waals surface area contributed by atoms with Crippen molar-refractivity contribution in [2.75, 3.05) is 5.73 Å². The number of hydrogen-bond donors (Lipinski definition) is 3. The molecule has 2 heterocycles. The maximum absolute atomic E-state index is 12.2. The lowest BCUT2D eigenvalue weighted by Gasteiger charge is -2.28. The van der Waals surface area contributed by atoms with E-state index in [0.29, 0.717) is 18.0 Å². The van der Waals surface area contributed by atoms with Gasteiger partial charge in [-0.25, -0.2) is 9.98 Å². The smallest absolute Gasteiger partial charge is 0.229 e. The van der Waals surface area contributed by atoms with E-state index >= 15 is 0 Å². The largest absolute Gasteiger partial charge is 0.511 e. The molecule has 0 unspecified atom stereocenters. The molecular weight excluding hydrogens is 342 g/mol. The van der Waals surface area contributed by atoms with Crippen LogP contribution in [0.15, 0.2) is 38.1 Å². The van der Waals surface area contributed by atoms with E-state index in [1.807, 2.05) is 13.8 Å². The van der Waals surface area contributed by atoms with Gasteiger partial charge in [-0.3, -0.25) is 9.89 Å². The Bertz CT molecular complexity index is 878. The SMILES string of the molecule is CC1(C)CC(=O)C(C=Nc2n[nH]c(N)c2N=Nc2nccs2)=C(O)C1. The minimum absolute atomic E-state index is 0.0273. The van der Waals surface area contributed by atoms with Crippen molar-refractivity contribution in [2.24, 2.45) is 20.6 Å². The van der Waals surface area contributed by atoms with Crippen LogP contribution in [-0.2, 0) is 4.79 Å². The third-order valence-corrected chi connectivity index (χ3v) is 4.27.